The number of anilines is 1. The van der Waals surface area contributed by atoms with Crippen LogP contribution in [0.5, 0.6) is 11.5 Å². The highest BCUT2D eigenvalue weighted by atomic mass is 19.3. The molecule has 180 valence electrons. The van der Waals surface area contributed by atoms with E-state index in [-0.39, 0.29) is 22.8 Å². The molecule has 4 rings (SSSR count). The second kappa shape index (κ2) is 9.37. The van der Waals surface area contributed by atoms with Crippen LogP contribution in [0.4, 0.5) is 28.9 Å². The molecule has 0 aliphatic heterocycles. The van der Waals surface area contributed by atoms with Crippen LogP contribution in [0, 0.1) is 17.0 Å². The van der Waals surface area contributed by atoms with Gasteiger partial charge in [0.2, 0.25) is 0 Å². The van der Waals surface area contributed by atoms with Gasteiger partial charge in [0.1, 0.15) is 22.9 Å². The Bertz CT molecular complexity index is 1420. The lowest BCUT2D eigenvalue weighted by molar-refractivity contribution is -0.384. The Labute approximate surface area is 194 Å². The molecule has 0 bridgehead atoms. The summed E-state index contributed by atoms with van der Waals surface area (Å²) >= 11 is 0. The van der Waals surface area contributed by atoms with Crippen LogP contribution in [0.2, 0.25) is 0 Å². The van der Waals surface area contributed by atoms with E-state index in [1.54, 1.807) is 24.3 Å². The molecule has 4 aromatic rings. The highest BCUT2D eigenvalue weighted by Gasteiger charge is 2.22. The van der Waals surface area contributed by atoms with Crippen molar-refractivity contribution < 1.29 is 32.0 Å². The van der Waals surface area contributed by atoms with Crippen molar-refractivity contribution in [2.45, 2.75) is 19.8 Å². The summed E-state index contributed by atoms with van der Waals surface area (Å²) in [5.74, 6) is -0.484. The zero-order chi connectivity index (χ0) is 25.3. The number of nitrogens with zero attached hydrogens (tertiary/aromatic N) is 4. The van der Waals surface area contributed by atoms with E-state index < -0.39 is 40.8 Å². The predicted molar refractivity (Wildman–Crippen MR) is 115 cm³/mol. The zero-order valence-electron chi connectivity index (χ0n) is 17.8. The fourth-order valence-electron chi connectivity index (χ4n) is 3.15. The van der Waals surface area contributed by atoms with Crippen molar-refractivity contribution in [2.75, 3.05) is 5.32 Å². The Morgan fingerprint density at radius 1 is 1.03 bits per heavy atom. The maximum Gasteiger partial charge on any atom is 0.280 e. The van der Waals surface area contributed by atoms with Crippen molar-refractivity contribution in [3.05, 3.63) is 87.4 Å². The molecule has 0 spiro atoms. The van der Waals surface area contributed by atoms with E-state index in [4.69, 9.17) is 4.74 Å². The number of halogens is 4. The van der Waals surface area contributed by atoms with Crippen LogP contribution in [-0.4, -0.2) is 25.4 Å². The summed E-state index contributed by atoms with van der Waals surface area (Å²) in [4.78, 5) is 26.9. The first-order valence-corrected chi connectivity index (χ1v) is 9.93. The molecule has 35 heavy (non-hydrogen) atoms. The molecule has 0 fully saturated rings. The second-order valence-electron chi connectivity index (χ2n) is 7.35. The first-order chi connectivity index (χ1) is 16.6. The number of nitrogens with one attached hydrogen (secondary N) is 1. The van der Waals surface area contributed by atoms with Crippen molar-refractivity contribution in [1.29, 1.82) is 0 Å². The number of fused-ring (bicyclic) bond motifs is 1. The Balaban J connectivity index is 1.66. The summed E-state index contributed by atoms with van der Waals surface area (Å²) in [7, 11) is 0. The molecule has 0 atom stereocenters. The fraction of sp³-hybridized carbons (Fsp3) is 0.136. The van der Waals surface area contributed by atoms with Gasteiger partial charge in [-0.15, -0.1) is 0 Å². The molecule has 0 unspecified atom stereocenters. The molecule has 0 saturated heterocycles. The molecule has 2 aromatic heterocycles. The van der Waals surface area contributed by atoms with Gasteiger partial charge in [-0.3, -0.25) is 14.9 Å². The third-order valence-electron chi connectivity index (χ3n) is 4.77. The average molecular weight is 489 g/mol. The number of aromatic nitrogens is 3. The highest BCUT2D eigenvalue weighted by Crippen LogP contribution is 2.30. The third kappa shape index (κ3) is 5.18. The summed E-state index contributed by atoms with van der Waals surface area (Å²) in [5.41, 5.74) is -2.02. The summed E-state index contributed by atoms with van der Waals surface area (Å²) in [6.07, 6.45) is -6.27. The lowest BCUT2D eigenvalue weighted by Crippen LogP contribution is -2.13. The van der Waals surface area contributed by atoms with Crippen molar-refractivity contribution in [3.8, 4) is 11.5 Å². The minimum absolute atomic E-state index is 0.0429. The number of amides is 1. The highest BCUT2D eigenvalue weighted by molar-refractivity contribution is 6.03. The van der Waals surface area contributed by atoms with E-state index in [0.29, 0.717) is 16.3 Å². The number of nitro groups is 1. The number of hydrogen-bond donors (Lipinski definition) is 1. The average Bonchev–Trinajstić information content (AvgIpc) is 3.24. The number of carbonyl (C=O) groups is 1. The van der Waals surface area contributed by atoms with Crippen molar-refractivity contribution in [3.63, 3.8) is 0 Å². The number of ether oxygens (including phenoxy) is 1. The van der Waals surface area contributed by atoms with Crippen LogP contribution in [0.25, 0.3) is 5.65 Å². The number of aryl methyl sites for hydroxylation is 1. The van der Waals surface area contributed by atoms with Gasteiger partial charge >= 0.3 is 0 Å². The number of carbonyl (C=O) groups excluding carboxylic acids is 1. The molecule has 2 heterocycles. The standard InChI is InChI=1S/C22H15F4N5O4/c1-11-2-4-14(5-3-11)35-15-7-12(6-13(8-15)31(33)34)27-22(32)17-10-19-28-16(20(23)24)9-18(21(25)26)30(19)29-17/h2-10,20-21H,1H3,(H,27,32). The summed E-state index contributed by atoms with van der Waals surface area (Å²) in [6.45, 7) is 1.87. The molecule has 0 saturated carbocycles. The molecule has 1 amide bonds. The smallest absolute Gasteiger partial charge is 0.280 e. The Kier molecular flexibility index (Phi) is 6.32. The molecular formula is C22H15F4N5O4. The normalized spacial score (nSPS) is 11.3. The van der Waals surface area contributed by atoms with Gasteiger partial charge in [-0.05, 0) is 25.1 Å². The van der Waals surface area contributed by atoms with Crippen molar-refractivity contribution >= 4 is 22.9 Å². The quantitative estimate of drug-likeness (QED) is 0.198. The summed E-state index contributed by atoms with van der Waals surface area (Å²) in [5, 5.41) is 17.5. The molecule has 13 heteroatoms. The van der Waals surface area contributed by atoms with Gasteiger partial charge in [0.25, 0.3) is 24.4 Å². The maximum atomic E-state index is 13.4. The minimum atomic E-state index is -3.16. The van der Waals surface area contributed by atoms with Gasteiger partial charge in [-0.2, -0.15) is 5.10 Å². The lowest BCUT2D eigenvalue weighted by atomic mass is 10.2. The van der Waals surface area contributed by atoms with E-state index in [9.17, 15) is 32.5 Å². The monoisotopic (exact) mass is 489 g/mol. The largest absolute Gasteiger partial charge is 0.457 e. The van der Waals surface area contributed by atoms with Crippen molar-refractivity contribution in [1.82, 2.24) is 14.6 Å². The van der Waals surface area contributed by atoms with Gasteiger partial charge < -0.3 is 10.1 Å². The zero-order valence-corrected chi connectivity index (χ0v) is 17.8. The molecule has 0 aliphatic rings. The summed E-state index contributed by atoms with van der Waals surface area (Å²) in [6, 6.07) is 11.9. The number of hydrogen-bond acceptors (Lipinski definition) is 6. The van der Waals surface area contributed by atoms with Crippen LogP contribution in [0.3, 0.4) is 0 Å². The van der Waals surface area contributed by atoms with Crippen LogP contribution >= 0.6 is 0 Å². The third-order valence-corrected chi connectivity index (χ3v) is 4.77. The van der Waals surface area contributed by atoms with E-state index in [1.807, 2.05) is 6.92 Å². The molecule has 0 aliphatic carbocycles. The summed E-state index contributed by atoms with van der Waals surface area (Å²) < 4.78 is 59.0. The SMILES string of the molecule is Cc1ccc(Oc2cc(NC(=O)c3cc4nc(C(F)F)cc(C(F)F)n4n3)cc([N+](=O)[O-])c2)cc1. The van der Waals surface area contributed by atoms with Gasteiger partial charge in [0, 0.05) is 18.2 Å². The second-order valence-corrected chi connectivity index (χ2v) is 7.35. The van der Waals surface area contributed by atoms with Crippen LogP contribution in [0.1, 0.15) is 40.3 Å². The molecule has 2 aromatic carbocycles. The molecule has 9 nitrogen and oxygen atoms in total. The van der Waals surface area contributed by atoms with Crippen LogP contribution in [0.15, 0.2) is 54.6 Å². The van der Waals surface area contributed by atoms with Gasteiger partial charge in [0.05, 0.1) is 16.7 Å². The molecule has 0 radical (unpaired) electrons. The minimum Gasteiger partial charge on any atom is -0.457 e. The van der Waals surface area contributed by atoms with Crippen LogP contribution in [-0.2, 0) is 0 Å². The van der Waals surface area contributed by atoms with Gasteiger partial charge in [-0.25, -0.2) is 27.1 Å². The molecule has 1 N–H and O–H groups in total. The molecular weight excluding hydrogens is 474 g/mol. The van der Waals surface area contributed by atoms with Gasteiger partial charge in [0.15, 0.2) is 11.3 Å². The fourth-order valence-corrected chi connectivity index (χ4v) is 3.15. The first-order valence-electron chi connectivity index (χ1n) is 9.93. The van der Waals surface area contributed by atoms with E-state index in [0.717, 1.165) is 23.8 Å². The predicted octanol–water partition coefficient (Wildman–Crippen LogP) is 5.87. The topological polar surface area (TPSA) is 112 Å². The first kappa shape index (κ1) is 23.6. The number of benzene rings is 2. The van der Waals surface area contributed by atoms with E-state index in [2.05, 4.69) is 15.4 Å². The number of alkyl halides is 4. The van der Waals surface area contributed by atoms with E-state index >= 15 is 0 Å². The lowest BCUT2D eigenvalue weighted by Gasteiger charge is -2.09. The Morgan fingerprint density at radius 3 is 2.37 bits per heavy atom. The maximum absolute atomic E-state index is 13.4. The number of non-ortho nitro benzene ring substituents is 1. The van der Waals surface area contributed by atoms with Gasteiger partial charge in [-0.1, -0.05) is 17.7 Å². The Morgan fingerprint density at radius 2 is 1.74 bits per heavy atom. The van der Waals surface area contributed by atoms with Crippen molar-refractivity contribution in [2.24, 2.45) is 0 Å². The van der Waals surface area contributed by atoms with Crippen LogP contribution < -0.4 is 10.1 Å². The Hall–Kier alpha value is -4.55. The number of nitro benzene ring substituents is 1. The number of rotatable bonds is 7. The van der Waals surface area contributed by atoms with E-state index in [1.165, 1.54) is 6.07 Å².